The highest BCUT2D eigenvalue weighted by atomic mass is 16.2. The highest BCUT2D eigenvalue weighted by Crippen LogP contribution is 2.21. The minimum Gasteiger partial charge on any atom is -0.341 e. The second-order valence-electron chi connectivity index (χ2n) is 6.25. The molecule has 0 aromatic heterocycles. The van der Waals surface area contributed by atoms with Crippen molar-refractivity contribution in [3.05, 3.63) is 0 Å². The SMILES string of the molecule is CC(N)CCCC(=O)N1CCC(N2CCCCC2)C1. The van der Waals surface area contributed by atoms with Gasteiger partial charge < -0.3 is 10.6 Å². The second kappa shape index (κ2) is 7.25. The maximum atomic E-state index is 12.1. The van der Waals surface area contributed by atoms with Crippen LogP contribution < -0.4 is 5.73 Å². The first-order valence-corrected chi connectivity index (χ1v) is 7.94. The molecule has 2 rings (SSSR count). The van der Waals surface area contributed by atoms with Crippen molar-refractivity contribution < 1.29 is 4.79 Å². The Bertz CT molecular complexity index is 287. The summed E-state index contributed by atoms with van der Waals surface area (Å²) in [6.45, 7) is 6.39. The summed E-state index contributed by atoms with van der Waals surface area (Å²) < 4.78 is 0. The molecule has 2 heterocycles. The molecule has 4 nitrogen and oxygen atoms in total. The Labute approximate surface area is 117 Å². The summed E-state index contributed by atoms with van der Waals surface area (Å²) in [5.41, 5.74) is 5.72. The van der Waals surface area contributed by atoms with Crippen LogP contribution in [0.15, 0.2) is 0 Å². The van der Waals surface area contributed by atoms with Crippen molar-refractivity contribution in [2.45, 2.75) is 64.0 Å². The molecule has 4 heteroatoms. The molecule has 1 amide bonds. The van der Waals surface area contributed by atoms with E-state index in [0.717, 1.165) is 25.9 Å². The highest BCUT2D eigenvalue weighted by molar-refractivity contribution is 5.76. The predicted octanol–water partition coefficient (Wildman–Crippen LogP) is 1.59. The van der Waals surface area contributed by atoms with Gasteiger partial charge in [0.05, 0.1) is 0 Å². The van der Waals surface area contributed by atoms with Gasteiger partial charge in [0.15, 0.2) is 0 Å². The van der Waals surface area contributed by atoms with Gasteiger partial charge in [0.2, 0.25) is 5.91 Å². The average molecular weight is 267 g/mol. The van der Waals surface area contributed by atoms with Crippen molar-refractivity contribution in [1.29, 1.82) is 0 Å². The van der Waals surface area contributed by atoms with Crippen LogP contribution in [0.5, 0.6) is 0 Å². The van der Waals surface area contributed by atoms with Gasteiger partial charge in [-0.3, -0.25) is 9.69 Å². The van der Waals surface area contributed by atoms with Crippen LogP contribution in [0.4, 0.5) is 0 Å². The Morgan fingerprint density at radius 3 is 2.68 bits per heavy atom. The molecule has 2 N–H and O–H groups in total. The molecule has 2 aliphatic heterocycles. The van der Waals surface area contributed by atoms with E-state index in [9.17, 15) is 4.79 Å². The number of rotatable bonds is 5. The van der Waals surface area contributed by atoms with Gasteiger partial charge in [-0.05, 0) is 52.1 Å². The molecule has 2 atom stereocenters. The van der Waals surface area contributed by atoms with Crippen LogP contribution in [0.1, 0.15) is 51.9 Å². The van der Waals surface area contributed by atoms with Crippen molar-refractivity contribution in [3.8, 4) is 0 Å². The third kappa shape index (κ3) is 4.46. The minimum atomic E-state index is 0.215. The normalized spacial score (nSPS) is 26.6. The average Bonchev–Trinajstić information content (AvgIpc) is 2.89. The molecule has 0 aliphatic carbocycles. The Morgan fingerprint density at radius 1 is 1.26 bits per heavy atom. The quantitative estimate of drug-likeness (QED) is 0.823. The van der Waals surface area contributed by atoms with Crippen LogP contribution in [0.3, 0.4) is 0 Å². The fraction of sp³-hybridized carbons (Fsp3) is 0.933. The largest absolute Gasteiger partial charge is 0.341 e. The molecular weight excluding hydrogens is 238 g/mol. The number of nitrogens with two attached hydrogens (primary N) is 1. The van der Waals surface area contributed by atoms with Crippen LogP contribution >= 0.6 is 0 Å². The molecule has 0 aromatic carbocycles. The lowest BCUT2D eigenvalue weighted by molar-refractivity contribution is -0.130. The van der Waals surface area contributed by atoms with Crippen LogP contribution in [0.25, 0.3) is 0 Å². The van der Waals surface area contributed by atoms with Crippen molar-refractivity contribution in [2.75, 3.05) is 26.2 Å². The molecule has 19 heavy (non-hydrogen) atoms. The van der Waals surface area contributed by atoms with Gasteiger partial charge >= 0.3 is 0 Å². The van der Waals surface area contributed by atoms with E-state index in [4.69, 9.17) is 5.73 Å². The molecule has 2 aliphatic rings. The van der Waals surface area contributed by atoms with Gasteiger partial charge in [-0.15, -0.1) is 0 Å². The van der Waals surface area contributed by atoms with E-state index in [1.165, 1.54) is 38.8 Å². The number of nitrogens with zero attached hydrogens (tertiary/aromatic N) is 2. The van der Waals surface area contributed by atoms with E-state index in [1.54, 1.807) is 0 Å². The van der Waals surface area contributed by atoms with E-state index in [2.05, 4.69) is 9.80 Å². The first-order valence-electron chi connectivity index (χ1n) is 7.94. The number of likely N-dealkylation sites (tertiary alicyclic amines) is 2. The molecule has 0 saturated carbocycles. The van der Waals surface area contributed by atoms with Gasteiger partial charge in [0, 0.05) is 31.6 Å². The summed E-state index contributed by atoms with van der Waals surface area (Å²) in [7, 11) is 0. The van der Waals surface area contributed by atoms with Crippen LogP contribution in [0.2, 0.25) is 0 Å². The van der Waals surface area contributed by atoms with Crippen molar-refractivity contribution in [3.63, 3.8) is 0 Å². The third-order valence-electron chi connectivity index (χ3n) is 4.47. The topological polar surface area (TPSA) is 49.6 Å². The Hall–Kier alpha value is -0.610. The Morgan fingerprint density at radius 2 is 2.00 bits per heavy atom. The summed E-state index contributed by atoms with van der Waals surface area (Å²) in [6, 6.07) is 0.838. The zero-order valence-electron chi connectivity index (χ0n) is 12.3. The Balaban J connectivity index is 1.70. The maximum Gasteiger partial charge on any atom is 0.222 e. The molecule has 110 valence electrons. The van der Waals surface area contributed by atoms with Gasteiger partial charge in [-0.25, -0.2) is 0 Å². The fourth-order valence-electron chi connectivity index (χ4n) is 3.28. The molecule has 0 bridgehead atoms. The summed E-state index contributed by atoms with van der Waals surface area (Å²) >= 11 is 0. The zero-order valence-corrected chi connectivity index (χ0v) is 12.3. The summed E-state index contributed by atoms with van der Waals surface area (Å²) in [5.74, 6) is 0.333. The summed E-state index contributed by atoms with van der Waals surface area (Å²) in [5, 5.41) is 0. The van der Waals surface area contributed by atoms with Gasteiger partial charge in [-0.2, -0.15) is 0 Å². The number of hydrogen-bond acceptors (Lipinski definition) is 3. The third-order valence-corrected chi connectivity index (χ3v) is 4.47. The molecule has 2 unspecified atom stereocenters. The highest BCUT2D eigenvalue weighted by Gasteiger charge is 2.30. The molecule has 0 radical (unpaired) electrons. The van der Waals surface area contributed by atoms with E-state index >= 15 is 0 Å². The molecule has 2 fully saturated rings. The summed E-state index contributed by atoms with van der Waals surface area (Å²) in [6.07, 6.45) is 7.77. The maximum absolute atomic E-state index is 12.1. The van der Waals surface area contributed by atoms with E-state index in [1.807, 2.05) is 6.92 Å². The lowest BCUT2D eigenvalue weighted by atomic mass is 10.1. The standard InChI is InChI=1S/C15H29N3O/c1-13(16)6-5-7-15(19)18-11-8-14(12-18)17-9-3-2-4-10-17/h13-14H,2-12,16H2,1H3. The van der Waals surface area contributed by atoms with E-state index in [-0.39, 0.29) is 6.04 Å². The minimum absolute atomic E-state index is 0.215. The number of carbonyl (C=O) groups is 1. The fourth-order valence-corrected chi connectivity index (χ4v) is 3.28. The number of amides is 1. The molecule has 0 spiro atoms. The first-order chi connectivity index (χ1) is 9.16. The van der Waals surface area contributed by atoms with Crippen LogP contribution in [0, 0.1) is 0 Å². The van der Waals surface area contributed by atoms with Crippen molar-refractivity contribution in [1.82, 2.24) is 9.80 Å². The number of piperidine rings is 1. The molecule has 0 aromatic rings. The number of carbonyl (C=O) groups excluding carboxylic acids is 1. The summed E-state index contributed by atoms with van der Waals surface area (Å²) in [4.78, 5) is 16.8. The Kier molecular flexibility index (Phi) is 5.64. The van der Waals surface area contributed by atoms with Crippen molar-refractivity contribution >= 4 is 5.91 Å². The van der Waals surface area contributed by atoms with Gasteiger partial charge in [-0.1, -0.05) is 6.42 Å². The van der Waals surface area contributed by atoms with Gasteiger partial charge in [0.1, 0.15) is 0 Å². The lowest BCUT2D eigenvalue weighted by Gasteiger charge is -2.32. The number of hydrogen-bond donors (Lipinski definition) is 1. The zero-order chi connectivity index (χ0) is 13.7. The van der Waals surface area contributed by atoms with E-state index < -0.39 is 0 Å². The van der Waals surface area contributed by atoms with Crippen molar-refractivity contribution in [2.24, 2.45) is 5.73 Å². The first kappa shape index (κ1) is 14.8. The monoisotopic (exact) mass is 267 g/mol. The molecular formula is C15H29N3O. The van der Waals surface area contributed by atoms with Gasteiger partial charge in [0.25, 0.3) is 0 Å². The van der Waals surface area contributed by atoms with Crippen LogP contribution in [-0.4, -0.2) is 54.0 Å². The smallest absolute Gasteiger partial charge is 0.222 e. The lowest BCUT2D eigenvalue weighted by Crippen LogP contribution is -2.41. The van der Waals surface area contributed by atoms with Crippen LogP contribution in [-0.2, 0) is 4.79 Å². The second-order valence-corrected chi connectivity index (χ2v) is 6.25. The molecule has 2 saturated heterocycles. The predicted molar refractivity (Wildman–Crippen MR) is 77.9 cm³/mol. The van der Waals surface area contributed by atoms with E-state index in [0.29, 0.717) is 18.4 Å².